The number of benzene rings is 2. The lowest BCUT2D eigenvalue weighted by atomic mass is 10.2. The molecule has 0 N–H and O–H groups in total. The maximum atomic E-state index is 5.17. The third kappa shape index (κ3) is 3.79. The highest BCUT2D eigenvalue weighted by molar-refractivity contribution is 9.10. The Bertz CT molecular complexity index is 1060. The van der Waals surface area contributed by atoms with Crippen molar-refractivity contribution in [3.8, 4) is 22.8 Å². The number of tetrazole rings is 1. The molecule has 0 amide bonds. The Morgan fingerprint density at radius 2 is 1.74 bits per heavy atom. The quantitative estimate of drug-likeness (QED) is 0.422. The number of halogens is 2. The second-order valence-corrected chi connectivity index (χ2v) is 7.40. The Hall–Kier alpha value is -2.52. The van der Waals surface area contributed by atoms with E-state index in [4.69, 9.17) is 4.74 Å². The van der Waals surface area contributed by atoms with Gasteiger partial charge < -0.3 is 4.74 Å². The number of methoxy groups -OCH3 is 1. The molecule has 2 aromatic heterocycles. The standard InChI is InChI=1S/C18H14Br2N6O/c1-27-15-8-2-12(3-9-15)11-25-23-18(22-24-25)16-10-21-26(17(16)20)14-6-4-13(19)5-7-14/h2-10H,11H2,1H3. The van der Waals surface area contributed by atoms with E-state index < -0.39 is 0 Å². The predicted molar refractivity (Wildman–Crippen MR) is 108 cm³/mol. The number of aromatic nitrogens is 6. The van der Waals surface area contributed by atoms with Crippen LogP contribution in [0.5, 0.6) is 5.75 Å². The molecule has 0 bridgehead atoms. The molecule has 0 saturated heterocycles. The van der Waals surface area contributed by atoms with Crippen molar-refractivity contribution in [3.05, 3.63) is 69.4 Å². The van der Waals surface area contributed by atoms with E-state index in [1.807, 2.05) is 48.5 Å². The summed E-state index contributed by atoms with van der Waals surface area (Å²) in [6, 6.07) is 15.6. The van der Waals surface area contributed by atoms with Crippen LogP contribution in [0.2, 0.25) is 0 Å². The van der Waals surface area contributed by atoms with Gasteiger partial charge in [0.2, 0.25) is 5.82 Å². The summed E-state index contributed by atoms with van der Waals surface area (Å²) in [5, 5.41) is 17.2. The first-order chi connectivity index (χ1) is 13.1. The first kappa shape index (κ1) is 17.9. The Morgan fingerprint density at radius 1 is 1.00 bits per heavy atom. The number of nitrogens with zero attached hydrogens (tertiary/aromatic N) is 6. The zero-order chi connectivity index (χ0) is 18.8. The molecule has 9 heteroatoms. The van der Waals surface area contributed by atoms with E-state index in [0.29, 0.717) is 12.4 Å². The van der Waals surface area contributed by atoms with Gasteiger partial charge in [-0.2, -0.15) is 9.90 Å². The van der Waals surface area contributed by atoms with Crippen LogP contribution < -0.4 is 4.74 Å². The lowest BCUT2D eigenvalue weighted by Crippen LogP contribution is -2.04. The maximum Gasteiger partial charge on any atom is 0.209 e. The minimum atomic E-state index is 0.513. The van der Waals surface area contributed by atoms with Crippen LogP contribution in [0.1, 0.15) is 5.56 Å². The molecule has 0 unspecified atom stereocenters. The summed E-state index contributed by atoms with van der Waals surface area (Å²) < 4.78 is 8.74. The molecule has 7 nitrogen and oxygen atoms in total. The minimum Gasteiger partial charge on any atom is -0.497 e. The molecular formula is C18H14Br2N6O. The number of ether oxygens (including phenoxy) is 1. The van der Waals surface area contributed by atoms with Crippen molar-refractivity contribution in [3.63, 3.8) is 0 Å². The summed E-state index contributed by atoms with van der Waals surface area (Å²) in [5.74, 6) is 1.33. The molecule has 0 aliphatic carbocycles. The van der Waals surface area contributed by atoms with Gasteiger partial charge in [-0.3, -0.25) is 0 Å². The molecule has 0 atom stereocenters. The normalized spacial score (nSPS) is 10.9. The lowest BCUT2D eigenvalue weighted by Gasteiger charge is -2.03. The zero-order valence-electron chi connectivity index (χ0n) is 14.3. The van der Waals surface area contributed by atoms with E-state index in [0.717, 1.165) is 31.6 Å². The van der Waals surface area contributed by atoms with E-state index in [9.17, 15) is 0 Å². The second kappa shape index (κ2) is 7.61. The van der Waals surface area contributed by atoms with Crippen molar-refractivity contribution in [1.29, 1.82) is 0 Å². The van der Waals surface area contributed by atoms with Gasteiger partial charge in [0.15, 0.2) is 0 Å². The molecule has 0 spiro atoms. The fourth-order valence-electron chi connectivity index (χ4n) is 2.56. The van der Waals surface area contributed by atoms with Crippen LogP contribution in [-0.2, 0) is 6.54 Å². The van der Waals surface area contributed by atoms with Crippen molar-refractivity contribution in [1.82, 2.24) is 30.0 Å². The molecule has 0 radical (unpaired) electrons. The molecule has 0 fully saturated rings. The van der Waals surface area contributed by atoms with Crippen molar-refractivity contribution >= 4 is 31.9 Å². The summed E-state index contributed by atoms with van der Waals surface area (Å²) in [7, 11) is 1.65. The molecule has 0 aliphatic rings. The summed E-state index contributed by atoms with van der Waals surface area (Å²) in [6.45, 7) is 0.523. The third-order valence-corrected chi connectivity index (χ3v) is 5.25. The van der Waals surface area contributed by atoms with Gasteiger partial charge in [-0.25, -0.2) is 4.68 Å². The molecular weight excluding hydrogens is 476 g/mol. The van der Waals surface area contributed by atoms with Crippen LogP contribution in [0, 0.1) is 0 Å². The van der Waals surface area contributed by atoms with E-state index in [2.05, 4.69) is 52.4 Å². The molecule has 4 aromatic rings. The molecule has 2 heterocycles. The van der Waals surface area contributed by atoms with Crippen molar-refractivity contribution in [2.24, 2.45) is 0 Å². The average Bonchev–Trinajstić information content (AvgIpc) is 3.29. The Labute approximate surface area is 172 Å². The fraction of sp³-hybridized carbons (Fsp3) is 0.111. The first-order valence-electron chi connectivity index (χ1n) is 8.04. The summed E-state index contributed by atoms with van der Waals surface area (Å²) >= 11 is 7.03. The van der Waals surface area contributed by atoms with Crippen molar-refractivity contribution < 1.29 is 4.74 Å². The average molecular weight is 490 g/mol. The Morgan fingerprint density at radius 3 is 2.44 bits per heavy atom. The van der Waals surface area contributed by atoms with Gasteiger partial charge in [0.05, 0.1) is 31.1 Å². The fourth-order valence-corrected chi connectivity index (χ4v) is 3.40. The van der Waals surface area contributed by atoms with Gasteiger partial charge in [-0.15, -0.1) is 10.2 Å². The van der Waals surface area contributed by atoms with Crippen LogP contribution in [0.3, 0.4) is 0 Å². The highest BCUT2D eigenvalue weighted by atomic mass is 79.9. The third-order valence-electron chi connectivity index (χ3n) is 3.96. The van der Waals surface area contributed by atoms with Crippen molar-refractivity contribution in [2.75, 3.05) is 7.11 Å². The van der Waals surface area contributed by atoms with Crippen LogP contribution in [0.15, 0.2) is 63.8 Å². The SMILES string of the molecule is COc1ccc(Cn2nnc(-c3cnn(-c4ccc(Br)cc4)c3Br)n2)cc1. The topological polar surface area (TPSA) is 70.7 Å². The first-order valence-corrected chi connectivity index (χ1v) is 9.63. The highest BCUT2D eigenvalue weighted by Crippen LogP contribution is 2.28. The van der Waals surface area contributed by atoms with Gasteiger partial charge in [0.25, 0.3) is 0 Å². The Balaban J connectivity index is 1.57. The second-order valence-electron chi connectivity index (χ2n) is 5.73. The van der Waals surface area contributed by atoms with Gasteiger partial charge in [-0.1, -0.05) is 28.1 Å². The summed E-state index contributed by atoms with van der Waals surface area (Å²) in [4.78, 5) is 1.56. The maximum absolute atomic E-state index is 5.17. The molecule has 27 heavy (non-hydrogen) atoms. The van der Waals surface area contributed by atoms with Gasteiger partial charge in [0, 0.05) is 4.47 Å². The Kier molecular flexibility index (Phi) is 5.04. The highest BCUT2D eigenvalue weighted by Gasteiger charge is 2.16. The largest absolute Gasteiger partial charge is 0.497 e. The van der Waals surface area contributed by atoms with Crippen LogP contribution in [-0.4, -0.2) is 37.1 Å². The molecule has 0 saturated carbocycles. The van der Waals surface area contributed by atoms with Crippen LogP contribution >= 0.6 is 31.9 Å². The molecule has 4 rings (SSSR count). The van der Waals surface area contributed by atoms with Crippen LogP contribution in [0.25, 0.3) is 17.1 Å². The lowest BCUT2D eigenvalue weighted by molar-refractivity contribution is 0.414. The molecule has 0 aliphatic heterocycles. The molecule has 136 valence electrons. The monoisotopic (exact) mass is 488 g/mol. The molecule has 2 aromatic carbocycles. The minimum absolute atomic E-state index is 0.513. The van der Waals surface area contributed by atoms with Crippen LogP contribution in [0.4, 0.5) is 0 Å². The van der Waals surface area contributed by atoms with Gasteiger partial charge in [-0.05, 0) is 63.1 Å². The van der Waals surface area contributed by atoms with E-state index in [1.165, 1.54) is 0 Å². The van der Waals surface area contributed by atoms with E-state index >= 15 is 0 Å². The summed E-state index contributed by atoms with van der Waals surface area (Å²) in [5.41, 5.74) is 2.77. The smallest absolute Gasteiger partial charge is 0.209 e. The van der Waals surface area contributed by atoms with Gasteiger partial charge >= 0.3 is 0 Å². The van der Waals surface area contributed by atoms with Crippen molar-refractivity contribution in [2.45, 2.75) is 6.54 Å². The van der Waals surface area contributed by atoms with Gasteiger partial charge in [0.1, 0.15) is 10.4 Å². The number of rotatable bonds is 5. The zero-order valence-corrected chi connectivity index (χ0v) is 17.4. The number of hydrogen-bond donors (Lipinski definition) is 0. The number of hydrogen-bond acceptors (Lipinski definition) is 5. The van der Waals surface area contributed by atoms with E-state index in [-0.39, 0.29) is 0 Å². The van der Waals surface area contributed by atoms with E-state index in [1.54, 1.807) is 22.8 Å². The predicted octanol–water partition coefficient (Wildman–Crippen LogP) is 4.11. The summed E-state index contributed by atoms with van der Waals surface area (Å²) in [6.07, 6.45) is 1.72.